The first-order chi connectivity index (χ1) is 10.1. The van der Waals surface area contributed by atoms with Crippen LogP contribution in [0.25, 0.3) is 10.8 Å². The summed E-state index contributed by atoms with van der Waals surface area (Å²) in [6, 6.07) is 5.57. The van der Waals surface area contributed by atoms with Crippen molar-refractivity contribution in [3.05, 3.63) is 46.8 Å². The molecule has 1 aromatic heterocycles. The fraction of sp³-hybridized carbons (Fsp3) is 0.267. The molecule has 2 rings (SSSR count). The molecule has 2 aromatic rings. The molecule has 0 saturated carbocycles. The number of fused-ring (bicyclic) bond motifs is 1. The van der Waals surface area contributed by atoms with Gasteiger partial charge in [0, 0.05) is 18.5 Å². The summed E-state index contributed by atoms with van der Waals surface area (Å²) in [7, 11) is 0. The fourth-order valence-electron chi connectivity index (χ4n) is 2.10. The molecule has 21 heavy (non-hydrogen) atoms. The lowest BCUT2D eigenvalue weighted by Gasteiger charge is -2.10. The number of aromatic amines is 1. The van der Waals surface area contributed by atoms with E-state index in [2.05, 4.69) is 27.4 Å². The normalized spacial score (nSPS) is 10.3. The average Bonchev–Trinajstić information content (AvgIpc) is 2.49. The first-order valence-electron chi connectivity index (χ1n) is 6.75. The number of hydrogen-bond donors (Lipinski definition) is 3. The van der Waals surface area contributed by atoms with Gasteiger partial charge in [-0.05, 0) is 31.1 Å². The highest BCUT2D eigenvalue weighted by molar-refractivity contribution is 5.93. The summed E-state index contributed by atoms with van der Waals surface area (Å²) in [6.45, 7) is 6.52. The number of nitrogens with zero attached hydrogens (tertiary/aromatic N) is 1. The zero-order valence-corrected chi connectivity index (χ0v) is 11.9. The van der Waals surface area contributed by atoms with E-state index in [9.17, 15) is 9.59 Å². The zero-order valence-electron chi connectivity index (χ0n) is 11.9. The number of aromatic nitrogens is 2. The van der Waals surface area contributed by atoms with Crippen LogP contribution in [0.2, 0.25) is 0 Å². The molecule has 0 aliphatic rings. The number of hydrogen-bond acceptors (Lipinski definition) is 4. The number of amides is 1. The molecule has 0 unspecified atom stereocenters. The standard InChI is InChI=1S/C15H18N4O2/c1-3-12(20)16-8-5-9-17-14-13-10(2)6-4-7-11(13)15(21)19-18-14/h3-4,6-7H,1,5,8-9H2,2H3,(H,16,20)(H,17,18)(H,19,21). The van der Waals surface area contributed by atoms with E-state index < -0.39 is 0 Å². The highest BCUT2D eigenvalue weighted by Gasteiger charge is 2.08. The Morgan fingerprint density at radius 3 is 3.00 bits per heavy atom. The molecule has 1 aromatic carbocycles. The number of carbonyl (C=O) groups excluding carboxylic acids is 1. The van der Waals surface area contributed by atoms with Gasteiger partial charge in [-0.2, -0.15) is 5.10 Å². The number of H-pyrrole nitrogens is 1. The van der Waals surface area contributed by atoms with Gasteiger partial charge in [-0.25, -0.2) is 5.10 Å². The van der Waals surface area contributed by atoms with Gasteiger partial charge in [0.1, 0.15) is 0 Å². The Kier molecular flexibility index (Phi) is 4.71. The van der Waals surface area contributed by atoms with E-state index in [0.717, 1.165) is 17.4 Å². The Labute approximate surface area is 122 Å². The smallest absolute Gasteiger partial charge is 0.272 e. The van der Waals surface area contributed by atoms with Crippen molar-refractivity contribution in [3.63, 3.8) is 0 Å². The van der Waals surface area contributed by atoms with Crippen LogP contribution >= 0.6 is 0 Å². The predicted molar refractivity (Wildman–Crippen MR) is 83.4 cm³/mol. The van der Waals surface area contributed by atoms with E-state index in [0.29, 0.717) is 24.3 Å². The van der Waals surface area contributed by atoms with E-state index in [1.54, 1.807) is 6.07 Å². The molecule has 0 atom stereocenters. The second-order valence-corrected chi connectivity index (χ2v) is 4.67. The van der Waals surface area contributed by atoms with Gasteiger partial charge < -0.3 is 10.6 Å². The van der Waals surface area contributed by atoms with Gasteiger partial charge in [0.25, 0.3) is 5.56 Å². The third-order valence-electron chi connectivity index (χ3n) is 3.15. The van der Waals surface area contributed by atoms with Crippen LogP contribution in [-0.2, 0) is 4.79 Å². The molecule has 1 heterocycles. The van der Waals surface area contributed by atoms with Gasteiger partial charge >= 0.3 is 0 Å². The number of rotatable bonds is 6. The average molecular weight is 286 g/mol. The summed E-state index contributed by atoms with van der Waals surface area (Å²) >= 11 is 0. The Morgan fingerprint density at radius 1 is 1.43 bits per heavy atom. The minimum atomic E-state index is -0.197. The van der Waals surface area contributed by atoms with E-state index >= 15 is 0 Å². The van der Waals surface area contributed by atoms with Crippen LogP contribution in [0, 0.1) is 6.92 Å². The van der Waals surface area contributed by atoms with Crippen molar-refractivity contribution in [2.75, 3.05) is 18.4 Å². The van der Waals surface area contributed by atoms with E-state index in [1.807, 2.05) is 19.1 Å². The summed E-state index contributed by atoms with van der Waals surface area (Å²) in [5.74, 6) is 0.469. The maximum atomic E-state index is 11.8. The molecule has 0 aliphatic carbocycles. The molecule has 3 N–H and O–H groups in total. The van der Waals surface area contributed by atoms with Crippen LogP contribution in [0.15, 0.2) is 35.6 Å². The number of aryl methyl sites for hydroxylation is 1. The molecular formula is C15H18N4O2. The van der Waals surface area contributed by atoms with Crippen LogP contribution in [0.4, 0.5) is 5.82 Å². The van der Waals surface area contributed by atoms with Crippen LogP contribution < -0.4 is 16.2 Å². The molecule has 0 saturated heterocycles. The largest absolute Gasteiger partial charge is 0.368 e. The number of benzene rings is 1. The summed E-state index contributed by atoms with van der Waals surface area (Å²) in [5.41, 5.74) is 0.797. The van der Waals surface area contributed by atoms with Crippen molar-refractivity contribution >= 4 is 22.5 Å². The van der Waals surface area contributed by atoms with E-state index in [1.165, 1.54) is 6.08 Å². The van der Waals surface area contributed by atoms with Crippen LogP contribution in [0.3, 0.4) is 0 Å². The first-order valence-corrected chi connectivity index (χ1v) is 6.75. The minimum absolute atomic E-state index is 0.182. The van der Waals surface area contributed by atoms with Gasteiger partial charge in [0.15, 0.2) is 5.82 Å². The highest BCUT2D eigenvalue weighted by Crippen LogP contribution is 2.21. The lowest BCUT2D eigenvalue weighted by molar-refractivity contribution is -0.116. The van der Waals surface area contributed by atoms with Crippen molar-refractivity contribution < 1.29 is 4.79 Å². The zero-order chi connectivity index (χ0) is 15.2. The number of carbonyl (C=O) groups is 1. The third-order valence-corrected chi connectivity index (χ3v) is 3.15. The Bertz CT molecular complexity index is 721. The second kappa shape index (κ2) is 6.69. The van der Waals surface area contributed by atoms with Crippen LogP contribution in [0.1, 0.15) is 12.0 Å². The van der Waals surface area contributed by atoms with Gasteiger partial charge in [0.2, 0.25) is 5.91 Å². The predicted octanol–water partition coefficient (Wildman–Crippen LogP) is 1.34. The lowest BCUT2D eigenvalue weighted by Crippen LogP contribution is -2.23. The van der Waals surface area contributed by atoms with Crippen LogP contribution in [0.5, 0.6) is 0 Å². The van der Waals surface area contributed by atoms with Gasteiger partial charge in [-0.15, -0.1) is 0 Å². The van der Waals surface area contributed by atoms with Crippen molar-refractivity contribution in [2.24, 2.45) is 0 Å². The highest BCUT2D eigenvalue weighted by atomic mass is 16.1. The molecule has 0 radical (unpaired) electrons. The topological polar surface area (TPSA) is 86.9 Å². The molecule has 0 bridgehead atoms. The van der Waals surface area contributed by atoms with Crippen molar-refractivity contribution in [2.45, 2.75) is 13.3 Å². The fourth-order valence-corrected chi connectivity index (χ4v) is 2.10. The van der Waals surface area contributed by atoms with Crippen LogP contribution in [-0.4, -0.2) is 29.2 Å². The summed E-state index contributed by atoms with van der Waals surface area (Å²) in [5, 5.41) is 13.9. The molecule has 110 valence electrons. The van der Waals surface area contributed by atoms with Gasteiger partial charge in [0.05, 0.1) is 5.39 Å². The SMILES string of the molecule is C=CC(=O)NCCCNc1n[nH]c(=O)c2cccc(C)c12. The quantitative estimate of drug-likeness (QED) is 0.552. The molecular weight excluding hydrogens is 268 g/mol. The van der Waals surface area contributed by atoms with Crippen molar-refractivity contribution in [1.29, 1.82) is 0 Å². The molecule has 6 nitrogen and oxygen atoms in total. The maximum absolute atomic E-state index is 11.8. The van der Waals surface area contributed by atoms with E-state index in [4.69, 9.17) is 0 Å². The molecule has 0 fully saturated rings. The Balaban J connectivity index is 2.06. The van der Waals surface area contributed by atoms with Gasteiger partial charge in [-0.1, -0.05) is 18.7 Å². The summed E-state index contributed by atoms with van der Waals surface area (Å²) < 4.78 is 0. The number of nitrogens with one attached hydrogen (secondary N) is 3. The van der Waals surface area contributed by atoms with Crippen molar-refractivity contribution in [1.82, 2.24) is 15.5 Å². The maximum Gasteiger partial charge on any atom is 0.272 e. The lowest BCUT2D eigenvalue weighted by atomic mass is 10.1. The molecule has 0 aliphatic heterocycles. The molecule has 6 heteroatoms. The Hall–Kier alpha value is -2.63. The first kappa shape index (κ1) is 14.8. The second-order valence-electron chi connectivity index (χ2n) is 4.67. The Morgan fingerprint density at radius 2 is 2.24 bits per heavy atom. The summed E-state index contributed by atoms with van der Waals surface area (Å²) in [6.07, 6.45) is 1.99. The van der Waals surface area contributed by atoms with Crippen molar-refractivity contribution in [3.8, 4) is 0 Å². The van der Waals surface area contributed by atoms with Gasteiger partial charge in [-0.3, -0.25) is 9.59 Å². The molecule has 0 spiro atoms. The minimum Gasteiger partial charge on any atom is -0.368 e. The number of anilines is 1. The molecule has 1 amide bonds. The van der Waals surface area contributed by atoms with E-state index in [-0.39, 0.29) is 11.5 Å². The third kappa shape index (κ3) is 3.47. The monoisotopic (exact) mass is 286 g/mol. The summed E-state index contributed by atoms with van der Waals surface area (Å²) in [4.78, 5) is 22.8.